The first-order valence-electron chi connectivity index (χ1n) is 3.92. The number of nitrogens with zero attached hydrogens (tertiary/aromatic N) is 1. The normalized spacial score (nSPS) is 9.57. The fourth-order valence-corrected chi connectivity index (χ4v) is 0.911. The van der Waals surface area contributed by atoms with Crippen LogP contribution in [0.1, 0.15) is 6.42 Å². The van der Waals surface area contributed by atoms with Crippen molar-refractivity contribution in [2.24, 2.45) is 5.73 Å². The number of rotatable bonds is 7. The minimum atomic E-state index is -1.03. The molecule has 0 aliphatic heterocycles. The third-order valence-electron chi connectivity index (χ3n) is 1.40. The van der Waals surface area contributed by atoms with Crippen LogP contribution in [0, 0.1) is 0 Å². The molecule has 0 unspecified atom stereocenters. The number of hydrogen-bond acceptors (Lipinski definition) is 4. The van der Waals surface area contributed by atoms with Crippen molar-refractivity contribution in [3.05, 3.63) is 0 Å². The molecular weight excluding hydrogens is 199 g/mol. The Morgan fingerprint density at radius 3 is 1.86 bits per heavy atom. The fraction of sp³-hybridized carbons (Fsp3) is 0.714. The van der Waals surface area contributed by atoms with E-state index in [2.05, 4.69) is 0 Å². The van der Waals surface area contributed by atoms with E-state index >= 15 is 0 Å². The molecule has 0 bridgehead atoms. The van der Waals surface area contributed by atoms with Crippen LogP contribution in [0.15, 0.2) is 0 Å². The van der Waals surface area contributed by atoms with Crippen LogP contribution in [0.25, 0.3) is 0 Å². The minimum absolute atomic E-state index is 0. The van der Waals surface area contributed by atoms with Crippen LogP contribution in [0.5, 0.6) is 0 Å². The Morgan fingerprint density at radius 2 is 1.57 bits per heavy atom. The van der Waals surface area contributed by atoms with Crippen molar-refractivity contribution in [1.29, 1.82) is 0 Å². The molecule has 0 fully saturated rings. The number of carbonyl (C=O) groups is 2. The Bertz CT molecular complexity index is 173. The summed E-state index contributed by atoms with van der Waals surface area (Å²) < 4.78 is 0. The summed E-state index contributed by atoms with van der Waals surface area (Å²) in [4.78, 5) is 21.9. The Balaban J connectivity index is 0. The molecule has 0 saturated heterocycles. The summed E-state index contributed by atoms with van der Waals surface area (Å²) in [6, 6.07) is 0. The van der Waals surface area contributed by atoms with Crippen LogP contribution in [-0.4, -0.2) is 82.8 Å². The van der Waals surface area contributed by atoms with E-state index in [0.29, 0.717) is 19.5 Å². The van der Waals surface area contributed by atoms with E-state index in [-0.39, 0.29) is 42.6 Å². The number of hydrogen-bond donors (Lipinski definition) is 3. The zero-order valence-electron chi connectivity index (χ0n) is 7.27. The van der Waals surface area contributed by atoms with Crippen LogP contribution < -0.4 is 5.73 Å². The van der Waals surface area contributed by atoms with Gasteiger partial charge < -0.3 is 15.9 Å². The predicted molar refractivity (Wildman–Crippen MR) is 52.5 cm³/mol. The SMILES string of the molecule is NCCCN(CC(=O)O)CC(=O)O.[NaH]. The summed E-state index contributed by atoms with van der Waals surface area (Å²) in [5.41, 5.74) is 5.22. The third-order valence-corrected chi connectivity index (χ3v) is 1.40. The molecule has 0 heterocycles. The second kappa shape index (κ2) is 9.42. The Hall–Kier alpha value is -0.140. The molecule has 0 aliphatic carbocycles. The first kappa shape index (κ1) is 16.3. The molecule has 6 nitrogen and oxygen atoms in total. The van der Waals surface area contributed by atoms with Gasteiger partial charge in [-0.2, -0.15) is 0 Å². The summed E-state index contributed by atoms with van der Waals surface area (Å²) in [6.07, 6.45) is 0.598. The van der Waals surface area contributed by atoms with Gasteiger partial charge in [0, 0.05) is 6.54 Å². The molecule has 0 saturated carbocycles. The molecule has 0 rings (SSSR count). The Kier molecular flexibility index (Phi) is 11.0. The van der Waals surface area contributed by atoms with Gasteiger partial charge in [-0.25, -0.2) is 0 Å². The van der Waals surface area contributed by atoms with E-state index in [9.17, 15) is 9.59 Å². The van der Waals surface area contributed by atoms with Crippen molar-refractivity contribution in [2.45, 2.75) is 6.42 Å². The van der Waals surface area contributed by atoms with Crippen LogP contribution in [-0.2, 0) is 9.59 Å². The van der Waals surface area contributed by atoms with Gasteiger partial charge in [-0.15, -0.1) is 0 Å². The standard InChI is InChI=1S/C7H14N2O4.Na.H/c8-2-1-3-9(4-6(10)11)5-7(12)13;;/h1-5,8H2,(H,10,11)(H,12,13);;. The molecule has 0 aliphatic rings. The van der Waals surface area contributed by atoms with Gasteiger partial charge in [0.2, 0.25) is 0 Å². The fourth-order valence-electron chi connectivity index (χ4n) is 0.911. The van der Waals surface area contributed by atoms with Gasteiger partial charge in [-0.05, 0) is 13.0 Å². The molecule has 14 heavy (non-hydrogen) atoms. The molecule has 0 aromatic heterocycles. The van der Waals surface area contributed by atoms with Crippen molar-refractivity contribution < 1.29 is 19.8 Å². The van der Waals surface area contributed by atoms with E-state index in [4.69, 9.17) is 15.9 Å². The van der Waals surface area contributed by atoms with E-state index < -0.39 is 11.9 Å². The van der Waals surface area contributed by atoms with Crippen molar-refractivity contribution in [3.8, 4) is 0 Å². The van der Waals surface area contributed by atoms with Crippen molar-refractivity contribution in [2.75, 3.05) is 26.2 Å². The maximum atomic E-state index is 10.3. The third kappa shape index (κ3) is 9.94. The second-order valence-corrected chi connectivity index (χ2v) is 2.64. The summed E-state index contributed by atoms with van der Waals surface area (Å²) in [5, 5.41) is 16.9. The predicted octanol–water partition coefficient (Wildman–Crippen LogP) is -1.84. The van der Waals surface area contributed by atoms with Gasteiger partial charge in [0.25, 0.3) is 0 Å². The molecule has 0 atom stereocenters. The molecular formula is C7H15N2NaO4. The van der Waals surface area contributed by atoms with Gasteiger partial charge in [0.1, 0.15) is 0 Å². The Labute approximate surface area is 104 Å². The molecule has 0 aromatic carbocycles. The van der Waals surface area contributed by atoms with E-state index in [1.165, 1.54) is 4.90 Å². The van der Waals surface area contributed by atoms with E-state index in [1.54, 1.807) is 0 Å². The first-order chi connectivity index (χ1) is 6.06. The van der Waals surface area contributed by atoms with Crippen molar-refractivity contribution >= 4 is 41.5 Å². The van der Waals surface area contributed by atoms with E-state index in [0.717, 1.165) is 0 Å². The van der Waals surface area contributed by atoms with Gasteiger partial charge >= 0.3 is 41.5 Å². The molecule has 0 amide bonds. The average molecular weight is 214 g/mol. The molecule has 0 spiro atoms. The summed E-state index contributed by atoms with van der Waals surface area (Å²) in [6.45, 7) is 0.309. The monoisotopic (exact) mass is 214 g/mol. The van der Waals surface area contributed by atoms with Crippen LogP contribution >= 0.6 is 0 Å². The van der Waals surface area contributed by atoms with Gasteiger partial charge in [-0.1, -0.05) is 0 Å². The summed E-state index contributed by atoms with van der Waals surface area (Å²) >= 11 is 0. The molecule has 78 valence electrons. The average Bonchev–Trinajstić information content (AvgIpc) is 1.98. The second-order valence-electron chi connectivity index (χ2n) is 2.64. The van der Waals surface area contributed by atoms with Crippen LogP contribution in [0.4, 0.5) is 0 Å². The number of aliphatic carboxylic acids is 2. The molecule has 0 aromatic rings. The van der Waals surface area contributed by atoms with Crippen molar-refractivity contribution in [1.82, 2.24) is 4.90 Å². The van der Waals surface area contributed by atoms with Crippen LogP contribution in [0.3, 0.4) is 0 Å². The van der Waals surface area contributed by atoms with Gasteiger partial charge in [0.05, 0.1) is 13.1 Å². The molecule has 0 radical (unpaired) electrons. The Morgan fingerprint density at radius 1 is 1.14 bits per heavy atom. The first-order valence-corrected chi connectivity index (χ1v) is 3.92. The summed E-state index contributed by atoms with van der Waals surface area (Å²) in [5.74, 6) is -2.06. The number of nitrogens with two attached hydrogens (primary N) is 1. The maximum absolute atomic E-state index is 10.3. The molecule has 4 N–H and O–H groups in total. The zero-order chi connectivity index (χ0) is 10.3. The number of carboxylic acids is 2. The summed E-state index contributed by atoms with van der Waals surface area (Å²) in [7, 11) is 0. The van der Waals surface area contributed by atoms with Gasteiger partial charge in [0.15, 0.2) is 0 Å². The topological polar surface area (TPSA) is 104 Å². The molecule has 7 heteroatoms. The van der Waals surface area contributed by atoms with Crippen molar-refractivity contribution in [3.63, 3.8) is 0 Å². The quantitative estimate of drug-likeness (QED) is 0.430. The van der Waals surface area contributed by atoms with Gasteiger partial charge in [-0.3, -0.25) is 14.5 Å². The van der Waals surface area contributed by atoms with Crippen LogP contribution in [0.2, 0.25) is 0 Å². The zero-order valence-corrected chi connectivity index (χ0v) is 7.27. The number of carboxylic acid groups (broad SMARTS) is 2. The van der Waals surface area contributed by atoms with E-state index in [1.807, 2.05) is 0 Å².